The second-order valence-corrected chi connectivity index (χ2v) is 7.87. The number of nitrogens with zero attached hydrogens (tertiary/aromatic N) is 2. The van der Waals surface area contributed by atoms with Crippen LogP contribution in [0.5, 0.6) is 0 Å². The van der Waals surface area contributed by atoms with Gasteiger partial charge in [-0.15, -0.1) is 11.8 Å². The van der Waals surface area contributed by atoms with Crippen molar-refractivity contribution in [2.24, 2.45) is 0 Å². The highest BCUT2D eigenvalue weighted by atomic mass is 32.2. The van der Waals surface area contributed by atoms with E-state index >= 15 is 0 Å². The molecule has 0 fully saturated rings. The van der Waals surface area contributed by atoms with Crippen molar-refractivity contribution in [2.45, 2.75) is 4.90 Å². The van der Waals surface area contributed by atoms with Gasteiger partial charge in [-0.2, -0.15) is 0 Å². The molecule has 0 aliphatic carbocycles. The number of hydrogen-bond acceptors (Lipinski definition) is 5. The smallest absolute Gasteiger partial charge is 0.244 e. The molecule has 0 atom stereocenters. The summed E-state index contributed by atoms with van der Waals surface area (Å²) in [7, 11) is 0. The first kappa shape index (κ1) is 18.4. The summed E-state index contributed by atoms with van der Waals surface area (Å²) in [6, 6.07) is 22.5. The van der Waals surface area contributed by atoms with Crippen molar-refractivity contribution in [1.82, 2.24) is 4.98 Å². The molecular weight excluding hydrogens is 398 g/mol. The Labute approximate surface area is 176 Å². The molecule has 2 heterocycles. The van der Waals surface area contributed by atoms with Crippen molar-refractivity contribution in [1.29, 1.82) is 0 Å². The van der Waals surface area contributed by atoms with Crippen LogP contribution in [0, 0.1) is 0 Å². The maximum Gasteiger partial charge on any atom is 0.244 e. The van der Waals surface area contributed by atoms with Gasteiger partial charge in [0, 0.05) is 16.1 Å². The Balaban J connectivity index is 1.29. The van der Waals surface area contributed by atoms with Crippen LogP contribution in [0.4, 0.5) is 11.4 Å². The molecule has 0 unspecified atom stereocenters. The fourth-order valence-corrected chi connectivity index (χ4v) is 4.30. The van der Waals surface area contributed by atoms with E-state index in [4.69, 9.17) is 4.42 Å². The van der Waals surface area contributed by atoms with Crippen LogP contribution >= 0.6 is 11.8 Å². The zero-order chi connectivity index (χ0) is 20.5. The molecule has 30 heavy (non-hydrogen) atoms. The van der Waals surface area contributed by atoms with Gasteiger partial charge in [-0.25, -0.2) is 4.98 Å². The molecule has 1 aliphatic rings. The zero-order valence-corrected chi connectivity index (χ0v) is 16.7. The fourth-order valence-electron chi connectivity index (χ4n) is 3.36. The highest BCUT2D eigenvalue weighted by molar-refractivity contribution is 8.00. The van der Waals surface area contributed by atoms with Crippen LogP contribution in [0.1, 0.15) is 0 Å². The second-order valence-electron chi connectivity index (χ2n) is 6.85. The summed E-state index contributed by atoms with van der Waals surface area (Å²) in [4.78, 5) is 31.9. The number of aromatic nitrogens is 1. The molecule has 3 aromatic carbocycles. The van der Waals surface area contributed by atoms with Crippen molar-refractivity contribution in [3.8, 4) is 11.5 Å². The molecular formula is C23H17N3O3S. The summed E-state index contributed by atoms with van der Waals surface area (Å²) in [6.07, 6.45) is 0. The molecule has 0 spiro atoms. The SMILES string of the molecule is O=C(CN1C(=O)CSc2ccccc21)Nc1ccc(-c2nc3ccccc3o2)cc1. The Morgan fingerprint density at radius 1 is 1.03 bits per heavy atom. The maximum atomic E-state index is 12.6. The van der Waals surface area contributed by atoms with Gasteiger partial charge < -0.3 is 14.6 Å². The third-order valence-corrected chi connectivity index (χ3v) is 5.87. The van der Waals surface area contributed by atoms with Gasteiger partial charge in [0.1, 0.15) is 12.1 Å². The summed E-state index contributed by atoms with van der Waals surface area (Å²) in [5.74, 6) is 0.547. The number of nitrogens with one attached hydrogen (secondary N) is 1. The molecule has 148 valence electrons. The molecule has 4 aromatic rings. The Morgan fingerprint density at radius 2 is 1.80 bits per heavy atom. The number of thioether (sulfide) groups is 1. The average molecular weight is 415 g/mol. The monoisotopic (exact) mass is 415 g/mol. The van der Waals surface area contributed by atoms with E-state index in [-0.39, 0.29) is 18.4 Å². The minimum atomic E-state index is -0.250. The van der Waals surface area contributed by atoms with Gasteiger partial charge in [0.05, 0.1) is 11.4 Å². The highest BCUT2D eigenvalue weighted by Gasteiger charge is 2.26. The standard InChI is InChI=1S/C23H17N3O3S/c27-21(13-26-18-6-2-4-8-20(18)30-14-22(26)28)24-16-11-9-15(10-12-16)23-25-17-5-1-3-7-19(17)29-23/h1-12H,13-14H2,(H,24,27). The topological polar surface area (TPSA) is 75.4 Å². The number of carbonyl (C=O) groups excluding carboxylic acids is 2. The Morgan fingerprint density at radius 3 is 2.63 bits per heavy atom. The van der Waals surface area contributed by atoms with Gasteiger partial charge in [0.2, 0.25) is 17.7 Å². The van der Waals surface area contributed by atoms with E-state index in [0.717, 1.165) is 27.2 Å². The van der Waals surface area contributed by atoms with Crippen molar-refractivity contribution in [2.75, 3.05) is 22.5 Å². The first-order valence-corrected chi connectivity index (χ1v) is 10.4. The Bertz CT molecular complexity index is 1220. The van der Waals surface area contributed by atoms with E-state index in [1.807, 2.05) is 60.7 Å². The molecule has 7 heteroatoms. The van der Waals surface area contributed by atoms with Crippen molar-refractivity contribution < 1.29 is 14.0 Å². The maximum absolute atomic E-state index is 12.6. The van der Waals surface area contributed by atoms with Gasteiger partial charge in [-0.3, -0.25) is 9.59 Å². The Kier molecular flexibility index (Phi) is 4.72. The Hall–Kier alpha value is -3.58. The van der Waals surface area contributed by atoms with Crippen molar-refractivity contribution >= 4 is 46.1 Å². The normalized spacial score (nSPS) is 13.3. The average Bonchev–Trinajstić information content (AvgIpc) is 3.20. The number of oxazole rings is 1. The third kappa shape index (κ3) is 3.55. The summed E-state index contributed by atoms with van der Waals surface area (Å²) in [6.45, 7) is -0.0245. The first-order chi connectivity index (χ1) is 14.7. The number of fused-ring (bicyclic) bond motifs is 2. The zero-order valence-electron chi connectivity index (χ0n) is 15.9. The summed E-state index contributed by atoms with van der Waals surface area (Å²) < 4.78 is 5.78. The lowest BCUT2D eigenvalue weighted by molar-refractivity contribution is -0.120. The lowest BCUT2D eigenvalue weighted by Crippen LogP contribution is -2.41. The quantitative estimate of drug-likeness (QED) is 0.528. The molecule has 0 bridgehead atoms. The van der Waals surface area contributed by atoms with Crippen molar-refractivity contribution in [3.05, 3.63) is 72.8 Å². The molecule has 2 amide bonds. The summed E-state index contributed by atoms with van der Waals surface area (Å²) >= 11 is 1.49. The minimum Gasteiger partial charge on any atom is -0.436 e. The fraction of sp³-hybridized carbons (Fsp3) is 0.0870. The van der Waals surface area contributed by atoms with Gasteiger partial charge >= 0.3 is 0 Å². The van der Waals surface area contributed by atoms with Crippen LogP contribution in [-0.2, 0) is 9.59 Å². The third-order valence-electron chi connectivity index (χ3n) is 4.82. The van der Waals surface area contributed by atoms with E-state index in [2.05, 4.69) is 10.3 Å². The van der Waals surface area contributed by atoms with Gasteiger partial charge in [0.15, 0.2) is 5.58 Å². The molecule has 0 saturated heterocycles. The number of hydrogen-bond donors (Lipinski definition) is 1. The summed E-state index contributed by atoms with van der Waals surface area (Å²) in [5.41, 5.74) is 3.78. The number of para-hydroxylation sites is 3. The number of carbonyl (C=O) groups is 2. The molecule has 1 aromatic heterocycles. The van der Waals surface area contributed by atoms with E-state index in [9.17, 15) is 9.59 Å². The second kappa shape index (κ2) is 7.68. The predicted octanol–water partition coefficient (Wildman–Crippen LogP) is 4.57. The predicted molar refractivity (Wildman–Crippen MR) is 118 cm³/mol. The lowest BCUT2D eigenvalue weighted by atomic mass is 10.2. The van der Waals surface area contributed by atoms with Crippen LogP contribution in [0.15, 0.2) is 82.1 Å². The van der Waals surface area contributed by atoms with Crippen LogP contribution in [-0.4, -0.2) is 29.1 Å². The first-order valence-electron chi connectivity index (χ1n) is 9.45. The van der Waals surface area contributed by atoms with Gasteiger partial charge in [-0.1, -0.05) is 24.3 Å². The lowest BCUT2D eigenvalue weighted by Gasteiger charge is -2.28. The van der Waals surface area contributed by atoms with Crippen LogP contribution < -0.4 is 10.2 Å². The van der Waals surface area contributed by atoms with Gasteiger partial charge in [-0.05, 0) is 48.5 Å². The van der Waals surface area contributed by atoms with E-state index < -0.39 is 0 Å². The molecule has 0 radical (unpaired) electrons. The number of anilines is 2. The molecule has 6 nitrogen and oxygen atoms in total. The minimum absolute atomic E-state index is 0.0245. The van der Waals surface area contributed by atoms with Crippen LogP contribution in [0.25, 0.3) is 22.6 Å². The van der Waals surface area contributed by atoms with E-state index in [1.54, 1.807) is 12.1 Å². The number of rotatable bonds is 4. The van der Waals surface area contributed by atoms with Crippen molar-refractivity contribution in [3.63, 3.8) is 0 Å². The van der Waals surface area contributed by atoms with Gasteiger partial charge in [0.25, 0.3) is 0 Å². The number of amides is 2. The molecule has 1 aliphatic heterocycles. The highest BCUT2D eigenvalue weighted by Crippen LogP contribution is 2.34. The largest absolute Gasteiger partial charge is 0.436 e. The van der Waals surface area contributed by atoms with Crippen LogP contribution in [0.3, 0.4) is 0 Å². The van der Waals surface area contributed by atoms with E-state index in [0.29, 0.717) is 17.3 Å². The summed E-state index contributed by atoms with van der Waals surface area (Å²) in [5, 5.41) is 2.86. The van der Waals surface area contributed by atoms with Crippen LogP contribution in [0.2, 0.25) is 0 Å². The molecule has 1 N–H and O–H groups in total. The van der Waals surface area contributed by atoms with E-state index in [1.165, 1.54) is 16.7 Å². The molecule has 5 rings (SSSR count). The number of benzene rings is 3. The molecule has 0 saturated carbocycles.